The Labute approximate surface area is 196 Å². The highest BCUT2D eigenvalue weighted by Gasteiger charge is 2.42. The molecule has 8 nitrogen and oxygen atoms in total. The van der Waals surface area contributed by atoms with Crippen LogP contribution in [0.1, 0.15) is 49.2 Å². The maximum Gasteiger partial charge on any atom is 0.338 e. The maximum atomic E-state index is 13.4. The second kappa shape index (κ2) is 8.97. The van der Waals surface area contributed by atoms with E-state index in [2.05, 4.69) is 18.4 Å². The molecule has 0 spiro atoms. The van der Waals surface area contributed by atoms with Crippen molar-refractivity contribution in [2.45, 2.75) is 33.2 Å². The number of aromatic nitrogens is 1. The summed E-state index contributed by atoms with van der Waals surface area (Å²) in [4.78, 5) is 52.7. The number of urea groups is 1. The lowest BCUT2D eigenvalue weighted by atomic mass is 10.0. The van der Waals surface area contributed by atoms with Crippen LogP contribution in [0, 0.1) is 0 Å². The Morgan fingerprint density at radius 3 is 2.29 bits per heavy atom. The van der Waals surface area contributed by atoms with E-state index in [4.69, 9.17) is 5.11 Å². The molecule has 1 atom stereocenters. The number of benzene rings is 2. The Balaban J connectivity index is 1.84. The molecular formula is C26H25N3O5. The zero-order valence-corrected chi connectivity index (χ0v) is 19.2. The Morgan fingerprint density at radius 2 is 1.68 bits per heavy atom. The zero-order chi connectivity index (χ0) is 24.6. The van der Waals surface area contributed by atoms with Crippen molar-refractivity contribution in [2.24, 2.45) is 0 Å². The van der Waals surface area contributed by atoms with E-state index in [1.165, 1.54) is 24.3 Å². The quantitative estimate of drug-likeness (QED) is 0.425. The molecule has 1 aliphatic heterocycles. The lowest BCUT2D eigenvalue weighted by molar-refractivity contribution is -0.128. The van der Waals surface area contributed by atoms with E-state index in [0.717, 1.165) is 27.1 Å². The van der Waals surface area contributed by atoms with Gasteiger partial charge in [0.05, 0.1) is 11.3 Å². The van der Waals surface area contributed by atoms with Crippen molar-refractivity contribution in [3.8, 4) is 0 Å². The minimum absolute atomic E-state index is 0.0256. The predicted octanol–water partition coefficient (Wildman–Crippen LogP) is 4.71. The molecule has 1 aromatic heterocycles. The highest BCUT2D eigenvalue weighted by atomic mass is 16.4. The third-order valence-electron chi connectivity index (χ3n) is 6.16. The largest absolute Gasteiger partial charge is 0.478 e. The van der Waals surface area contributed by atoms with Gasteiger partial charge in [-0.15, -0.1) is 0 Å². The van der Waals surface area contributed by atoms with E-state index in [1.54, 1.807) is 13.0 Å². The van der Waals surface area contributed by atoms with Crippen LogP contribution in [0.3, 0.4) is 0 Å². The highest BCUT2D eigenvalue weighted by Crippen LogP contribution is 2.30. The van der Waals surface area contributed by atoms with Crippen LogP contribution in [0.2, 0.25) is 0 Å². The summed E-state index contributed by atoms with van der Waals surface area (Å²) < 4.78 is 2.12. The first kappa shape index (κ1) is 23.0. The van der Waals surface area contributed by atoms with Crippen LogP contribution >= 0.6 is 0 Å². The molecule has 0 saturated carbocycles. The fraction of sp³-hybridized carbons (Fsp3) is 0.231. The highest BCUT2D eigenvalue weighted by molar-refractivity contribution is 6.39. The molecule has 34 heavy (non-hydrogen) atoms. The van der Waals surface area contributed by atoms with E-state index in [-0.39, 0.29) is 29.4 Å². The van der Waals surface area contributed by atoms with Crippen LogP contribution in [0.15, 0.2) is 60.3 Å². The van der Waals surface area contributed by atoms with Crippen molar-refractivity contribution in [2.75, 3.05) is 11.4 Å². The van der Waals surface area contributed by atoms with Crippen LogP contribution in [-0.2, 0) is 9.59 Å². The van der Waals surface area contributed by atoms with Gasteiger partial charge in [-0.3, -0.25) is 14.5 Å². The number of carboxylic acids is 1. The molecule has 0 radical (unpaired) electrons. The fourth-order valence-corrected chi connectivity index (χ4v) is 4.10. The van der Waals surface area contributed by atoms with Gasteiger partial charge in [-0.1, -0.05) is 25.1 Å². The predicted molar refractivity (Wildman–Crippen MR) is 129 cm³/mol. The van der Waals surface area contributed by atoms with Crippen LogP contribution in [0.25, 0.3) is 17.0 Å². The molecule has 3 aromatic rings. The average Bonchev–Trinajstić information content (AvgIpc) is 3.20. The maximum absolute atomic E-state index is 13.4. The third-order valence-corrected chi connectivity index (χ3v) is 6.16. The fourth-order valence-electron chi connectivity index (χ4n) is 4.10. The summed E-state index contributed by atoms with van der Waals surface area (Å²) in [5.74, 6) is -2.52. The van der Waals surface area contributed by atoms with Gasteiger partial charge in [0.15, 0.2) is 0 Å². The SMILES string of the molecule is CCC(C)n1cc(/C=C2\C(=O)N(CC)C(=O)N(c3ccc(C(=O)O)cc3)C2=O)c2ccccc21. The molecule has 1 N–H and O–H groups in total. The summed E-state index contributed by atoms with van der Waals surface area (Å²) in [6.07, 6.45) is 4.37. The standard InChI is InChI=1S/C26H25N3O5/c1-4-16(3)28-15-18(20-8-6-7-9-22(20)28)14-21-23(30)27(5-2)26(34)29(24(21)31)19-12-10-17(11-13-19)25(32)33/h6-16H,4-5H2,1-3H3,(H,32,33)/b21-14+. The number of carbonyl (C=O) groups is 4. The van der Waals surface area contributed by atoms with Gasteiger partial charge < -0.3 is 9.67 Å². The molecule has 4 amide bonds. The molecule has 174 valence electrons. The van der Waals surface area contributed by atoms with Gasteiger partial charge >= 0.3 is 12.0 Å². The van der Waals surface area contributed by atoms with Crippen LogP contribution in [0.5, 0.6) is 0 Å². The number of rotatable bonds is 6. The number of amides is 4. The Kier molecular flexibility index (Phi) is 6.06. The van der Waals surface area contributed by atoms with E-state index >= 15 is 0 Å². The lowest BCUT2D eigenvalue weighted by Gasteiger charge is -2.33. The topological polar surface area (TPSA) is 99.9 Å². The first-order chi connectivity index (χ1) is 16.3. The van der Waals surface area contributed by atoms with Crippen molar-refractivity contribution in [3.63, 3.8) is 0 Å². The number of carboxylic acid groups (broad SMARTS) is 1. The van der Waals surface area contributed by atoms with Crippen molar-refractivity contribution in [3.05, 3.63) is 71.4 Å². The summed E-state index contributed by atoms with van der Waals surface area (Å²) in [6, 6.07) is 12.6. The number of fused-ring (bicyclic) bond motifs is 1. The van der Waals surface area contributed by atoms with Gasteiger partial charge in [-0.25, -0.2) is 14.5 Å². The number of imide groups is 2. The van der Waals surface area contributed by atoms with Gasteiger partial charge in [0.1, 0.15) is 5.57 Å². The first-order valence-corrected chi connectivity index (χ1v) is 11.1. The third kappa shape index (κ3) is 3.77. The minimum Gasteiger partial charge on any atom is -0.478 e. The number of para-hydroxylation sites is 1. The Bertz CT molecular complexity index is 1340. The van der Waals surface area contributed by atoms with Crippen LogP contribution in [-0.4, -0.2) is 44.9 Å². The van der Waals surface area contributed by atoms with Crippen molar-refractivity contribution < 1.29 is 24.3 Å². The summed E-state index contributed by atoms with van der Waals surface area (Å²) in [5.41, 5.74) is 1.79. The molecule has 1 fully saturated rings. The monoisotopic (exact) mass is 459 g/mol. The molecule has 1 saturated heterocycles. The number of likely N-dealkylation sites (N-methyl/N-ethyl adjacent to an activating group) is 1. The lowest BCUT2D eigenvalue weighted by Crippen LogP contribution is -2.56. The molecule has 1 unspecified atom stereocenters. The average molecular weight is 460 g/mol. The van der Waals surface area contributed by atoms with Crippen LogP contribution in [0.4, 0.5) is 10.5 Å². The van der Waals surface area contributed by atoms with Gasteiger partial charge in [0, 0.05) is 35.2 Å². The molecule has 8 heteroatoms. The minimum atomic E-state index is -1.12. The second-order valence-electron chi connectivity index (χ2n) is 8.15. The number of hydrogen-bond donors (Lipinski definition) is 1. The van der Waals surface area contributed by atoms with E-state index in [9.17, 15) is 19.2 Å². The smallest absolute Gasteiger partial charge is 0.338 e. The van der Waals surface area contributed by atoms with Gasteiger partial charge in [0.25, 0.3) is 11.8 Å². The molecule has 4 rings (SSSR count). The molecule has 1 aliphatic rings. The Hall–Kier alpha value is -4.20. The number of aromatic carboxylic acids is 1. The number of nitrogens with zero attached hydrogens (tertiary/aromatic N) is 3. The van der Waals surface area contributed by atoms with Crippen molar-refractivity contribution in [1.82, 2.24) is 9.47 Å². The van der Waals surface area contributed by atoms with Gasteiger partial charge in [-0.2, -0.15) is 0 Å². The molecule has 2 aromatic carbocycles. The van der Waals surface area contributed by atoms with E-state index in [0.29, 0.717) is 5.56 Å². The van der Waals surface area contributed by atoms with Crippen molar-refractivity contribution >= 4 is 46.5 Å². The summed E-state index contributed by atoms with van der Waals surface area (Å²) >= 11 is 0. The summed E-state index contributed by atoms with van der Waals surface area (Å²) in [7, 11) is 0. The number of hydrogen-bond acceptors (Lipinski definition) is 4. The molecule has 0 aliphatic carbocycles. The van der Waals surface area contributed by atoms with Crippen molar-refractivity contribution in [1.29, 1.82) is 0 Å². The van der Waals surface area contributed by atoms with Gasteiger partial charge in [0.2, 0.25) is 0 Å². The molecule has 0 bridgehead atoms. The zero-order valence-electron chi connectivity index (χ0n) is 19.2. The summed E-state index contributed by atoms with van der Waals surface area (Å²) in [6.45, 7) is 5.93. The second-order valence-corrected chi connectivity index (χ2v) is 8.15. The number of barbiturate groups is 1. The molecule has 2 heterocycles. The number of carbonyl (C=O) groups excluding carboxylic acids is 3. The Morgan fingerprint density at radius 1 is 1.00 bits per heavy atom. The van der Waals surface area contributed by atoms with E-state index in [1.807, 2.05) is 30.5 Å². The van der Waals surface area contributed by atoms with Crippen LogP contribution < -0.4 is 4.90 Å². The summed E-state index contributed by atoms with van der Waals surface area (Å²) in [5, 5.41) is 10.0. The van der Waals surface area contributed by atoms with E-state index < -0.39 is 23.8 Å². The number of anilines is 1. The normalized spacial score (nSPS) is 16.6. The van der Waals surface area contributed by atoms with Gasteiger partial charge in [-0.05, 0) is 56.7 Å². The first-order valence-electron chi connectivity index (χ1n) is 11.1. The molecular weight excluding hydrogens is 434 g/mol.